The summed E-state index contributed by atoms with van der Waals surface area (Å²) in [6, 6.07) is 11.2. The van der Waals surface area contributed by atoms with Crippen LogP contribution in [0.25, 0.3) is 17.2 Å². The van der Waals surface area contributed by atoms with Gasteiger partial charge in [0, 0.05) is 16.4 Å². The summed E-state index contributed by atoms with van der Waals surface area (Å²) in [7, 11) is 0. The van der Waals surface area contributed by atoms with Gasteiger partial charge in [-0.2, -0.15) is 0 Å². The van der Waals surface area contributed by atoms with E-state index >= 15 is 0 Å². The first-order valence-corrected chi connectivity index (χ1v) is 11.0. The largest absolute Gasteiger partial charge is 0.365 e. The molecule has 2 aromatic rings. The number of benzene rings is 2. The summed E-state index contributed by atoms with van der Waals surface area (Å²) in [5, 5.41) is 3.20. The molecule has 0 saturated carbocycles. The molecule has 0 spiro atoms. The number of allylic oxidation sites excluding steroid dienone is 6. The Bertz CT molecular complexity index is 1050. The Hall–Kier alpha value is -2.32. The van der Waals surface area contributed by atoms with E-state index in [1.165, 1.54) is 70.1 Å². The number of fused-ring (bicyclic) bond motifs is 8. The van der Waals surface area contributed by atoms with E-state index in [0.717, 1.165) is 6.42 Å². The van der Waals surface area contributed by atoms with E-state index in [2.05, 4.69) is 82.0 Å². The molecule has 2 aromatic carbocycles. The lowest BCUT2D eigenvalue weighted by Gasteiger charge is -2.25. The third-order valence-corrected chi connectivity index (χ3v) is 6.85. The highest BCUT2D eigenvalue weighted by Gasteiger charge is 2.21. The molecular weight excluding hydrogens is 406 g/mol. The molecule has 3 aliphatic carbocycles. The quantitative estimate of drug-likeness (QED) is 0.480. The maximum Gasteiger partial charge on any atom is 0.0213 e. The molecule has 1 N–H and O–H groups in total. The van der Waals surface area contributed by atoms with Crippen LogP contribution in [0.4, 0.5) is 0 Å². The smallest absolute Gasteiger partial charge is 0.0213 e. The van der Waals surface area contributed by atoms with Crippen molar-refractivity contribution in [3.05, 3.63) is 98.8 Å². The summed E-state index contributed by atoms with van der Waals surface area (Å²) in [5.74, 6) is 0. The standard InChI is InChI=1S/C18H15Br.C8H9N/c19-18-7-3-6-14-16-9-8-12-4-1-2-5-13(12)15(16)10-11-17(14)18;1-3-8-4-2-7(1)5-6-9-8/h1,3-4,6-9H,2,5,10-11H2;1,3,5-6,9H,2,4H2. The van der Waals surface area contributed by atoms with Gasteiger partial charge >= 0.3 is 0 Å². The topological polar surface area (TPSA) is 12.0 Å². The van der Waals surface area contributed by atoms with Crippen LogP contribution in [0.1, 0.15) is 41.5 Å². The number of halogens is 1. The van der Waals surface area contributed by atoms with Crippen LogP contribution in [-0.4, -0.2) is 0 Å². The minimum Gasteiger partial charge on any atom is -0.365 e. The summed E-state index contributed by atoms with van der Waals surface area (Å²) in [6.07, 6.45) is 20.2. The highest BCUT2D eigenvalue weighted by atomic mass is 79.9. The van der Waals surface area contributed by atoms with Gasteiger partial charge in [0.1, 0.15) is 0 Å². The Labute approximate surface area is 175 Å². The molecule has 2 aliphatic heterocycles. The van der Waals surface area contributed by atoms with E-state index in [1.54, 1.807) is 11.1 Å². The molecule has 0 radical (unpaired) electrons. The average molecular weight is 430 g/mol. The van der Waals surface area contributed by atoms with Gasteiger partial charge in [-0.1, -0.05) is 58.4 Å². The fourth-order valence-corrected chi connectivity index (χ4v) is 5.19. The molecule has 0 atom stereocenters. The predicted molar refractivity (Wildman–Crippen MR) is 122 cm³/mol. The Balaban J connectivity index is 0.000000158. The van der Waals surface area contributed by atoms with Crippen molar-refractivity contribution >= 4 is 22.0 Å². The van der Waals surface area contributed by atoms with Crippen molar-refractivity contribution in [1.29, 1.82) is 0 Å². The lowest BCUT2D eigenvalue weighted by molar-refractivity contribution is 0.874. The minimum absolute atomic E-state index is 1.16. The van der Waals surface area contributed by atoms with Crippen molar-refractivity contribution in [3.63, 3.8) is 0 Å². The first-order valence-electron chi connectivity index (χ1n) is 10.2. The van der Waals surface area contributed by atoms with Crippen molar-refractivity contribution < 1.29 is 0 Å². The first kappa shape index (κ1) is 17.8. The van der Waals surface area contributed by atoms with Crippen molar-refractivity contribution in [2.24, 2.45) is 0 Å². The van der Waals surface area contributed by atoms with Crippen LogP contribution in [0.2, 0.25) is 0 Å². The van der Waals surface area contributed by atoms with Gasteiger partial charge in [-0.05, 0) is 95.7 Å². The fraction of sp³-hybridized carbons (Fsp3) is 0.231. The zero-order valence-electron chi connectivity index (χ0n) is 16.0. The SMILES string of the molecule is Brc1cccc2c1CCc1c-2ccc2c1CCC=C2.C1=CC2=CC=C(CC2)N1. The van der Waals surface area contributed by atoms with Crippen LogP contribution >= 0.6 is 15.9 Å². The van der Waals surface area contributed by atoms with Crippen molar-refractivity contribution in [1.82, 2.24) is 5.32 Å². The molecule has 2 bridgehead atoms. The summed E-state index contributed by atoms with van der Waals surface area (Å²) < 4.78 is 1.26. The third kappa shape index (κ3) is 3.31. The van der Waals surface area contributed by atoms with E-state index < -0.39 is 0 Å². The number of nitrogens with one attached hydrogen (secondary N) is 1. The molecule has 28 heavy (non-hydrogen) atoms. The fourth-order valence-electron chi connectivity index (χ4n) is 4.62. The normalized spacial score (nSPS) is 17.8. The molecular formula is C26H24BrN. The summed E-state index contributed by atoms with van der Waals surface area (Å²) >= 11 is 3.70. The average Bonchev–Trinajstić information content (AvgIpc) is 3.12. The van der Waals surface area contributed by atoms with Crippen molar-refractivity contribution in [3.8, 4) is 11.1 Å². The molecule has 140 valence electrons. The van der Waals surface area contributed by atoms with Crippen LogP contribution in [0.3, 0.4) is 0 Å². The lowest BCUT2D eigenvalue weighted by Crippen LogP contribution is -2.10. The van der Waals surface area contributed by atoms with Crippen molar-refractivity contribution in [2.75, 3.05) is 0 Å². The van der Waals surface area contributed by atoms with Gasteiger partial charge in [-0.15, -0.1) is 0 Å². The third-order valence-electron chi connectivity index (χ3n) is 6.11. The molecule has 7 rings (SSSR count). The van der Waals surface area contributed by atoms with Crippen LogP contribution < -0.4 is 5.32 Å². The molecule has 1 nitrogen and oxygen atoms in total. The van der Waals surface area contributed by atoms with E-state index in [4.69, 9.17) is 0 Å². The first-order chi connectivity index (χ1) is 13.8. The van der Waals surface area contributed by atoms with Crippen LogP contribution in [0.5, 0.6) is 0 Å². The number of hydrogen-bond donors (Lipinski definition) is 1. The Morgan fingerprint density at radius 3 is 2.54 bits per heavy atom. The zero-order chi connectivity index (χ0) is 18.9. The van der Waals surface area contributed by atoms with Crippen LogP contribution in [0, 0.1) is 0 Å². The Morgan fingerprint density at radius 1 is 0.750 bits per heavy atom. The van der Waals surface area contributed by atoms with Crippen molar-refractivity contribution in [2.45, 2.75) is 38.5 Å². The molecule has 0 fully saturated rings. The highest BCUT2D eigenvalue weighted by Crippen LogP contribution is 2.40. The predicted octanol–water partition coefficient (Wildman–Crippen LogP) is 6.88. The Kier molecular flexibility index (Phi) is 4.82. The van der Waals surface area contributed by atoms with Crippen LogP contribution in [-0.2, 0) is 19.3 Å². The van der Waals surface area contributed by atoms with E-state index in [-0.39, 0.29) is 0 Å². The maximum atomic E-state index is 3.70. The highest BCUT2D eigenvalue weighted by molar-refractivity contribution is 9.10. The van der Waals surface area contributed by atoms with Gasteiger partial charge in [-0.25, -0.2) is 0 Å². The molecule has 0 aromatic heterocycles. The van der Waals surface area contributed by atoms with Gasteiger partial charge in [0.05, 0.1) is 0 Å². The van der Waals surface area contributed by atoms with Crippen LogP contribution in [0.15, 0.2) is 76.6 Å². The summed E-state index contributed by atoms with van der Waals surface area (Å²) in [5.41, 5.74) is 11.7. The number of hydrogen-bond acceptors (Lipinski definition) is 1. The second-order valence-electron chi connectivity index (χ2n) is 7.78. The molecule has 0 unspecified atom stereocenters. The number of rotatable bonds is 0. The minimum atomic E-state index is 1.16. The zero-order valence-corrected chi connectivity index (χ0v) is 17.6. The second-order valence-corrected chi connectivity index (χ2v) is 8.63. The van der Waals surface area contributed by atoms with E-state index in [9.17, 15) is 0 Å². The summed E-state index contributed by atoms with van der Waals surface area (Å²) in [4.78, 5) is 0. The second kappa shape index (κ2) is 7.60. The van der Waals surface area contributed by atoms with Gasteiger partial charge in [0.25, 0.3) is 0 Å². The van der Waals surface area contributed by atoms with Gasteiger partial charge < -0.3 is 5.32 Å². The molecule has 0 saturated heterocycles. The van der Waals surface area contributed by atoms with Gasteiger partial charge in [0.15, 0.2) is 0 Å². The van der Waals surface area contributed by atoms with E-state index in [1.807, 2.05) is 6.20 Å². The van der Waals surface area contributed by atoms with Gasteiger partial charge in [0.2, 0.25) is 0 Å². The molecule has 2 heterocycles. The Morgan fingerprint density at radius 2 is 1.64 bits per heavy atom. The maximum absolute atomic E-state index is 3.70. The molecule has 5 aliphatic rings. The van der Waals surface area contributed by atoms with E-state index in [0.29, 0.717) is 0 Å². The van der Waals surface area contributed by atoms with Gasteiger partial charge in [-0.3, -0.25) is 0 Å². The molecule has 2 heteroatoms. The monoisotopic (exact) mass is 429 g/mol. The lowest BCUT2D eigenvalue weighted by atomic mass is 9.80. The summed E-state index contributed by atoms with van der Waals surface area (Å²) in [6.45, 7) is 0. The molecule has 0 amide bonds.